The van der Waals surface area contributed by atoms with Gasteiger partial charge in [-0.3, -0.25) is 0 Å². The first kappa shape index (κ1) is 15.6. The topological polar surface area (TPSA) is 0 Å². The molecule has 116 valence electrons. The summed E-state index contributed by atoms with van der Waals surface area (Å²) in [5.41, 5.74) is 4.27. The van der Waals surface area contributed by atoms with Gasteiger partial charge in [0.1, 0.15) is 0 Å². The van der Waals surface area contributed by atoms with E-state index in [0.29, 0.717) is 11.8 Å². The predicted molar refractivity (Wildman–Crippen MR) is 98.8 cm³/mol. The van der Waals surface area contributed by atoms with Crippen LogP contribution in [0.5, 0.6) is 0 Å². The van der Waals surface area contributed by atoms with Crippen LogP contribution in [0.1, 0.15) is 48.3 Å². The van der Waals surface area contributed by atoms with E-state index in [1.807, 2.05) is 0 Å². The molecule has 0 aromatic heterocycles. The number of hydrogen-bond acceptors (Lipinski definition) is 0. The van der Waals surface area contributed by atoms with E-state index in [9.17, 15) is 0 Å². The quantitative estimate of drug-likeness (QED) is 0.494. The lowest BCUT2D eigenvalue weighted by Crippen LogP contribution is -2.08. The zero-order valence-electron chi connectivity index (χ0n) is 13.7. The van der Waals surface area contributed by atoms with Crippen LogP contribution in [-0.2, 0) is 0 Å². The van der Waals surface area contributed by atoms with Crippen molar-refractivity contribution in [3.8, 4) is 0 Å². The molecule has 0 saturated heterocycles. The summed E-state index contributed by atoms with van der Waals surface area (Å²) in [7, 11) is 0. The lowest BCUT2D eigenvalue weighted by Gasteiger charge is -2.24. The Morgan fingerprint density at radius 1 is 0.565 bits per heavy atom. The maximum Gasteiger partial charge on any atom is 0.00951 e. The molecule has 23 heavy (non-hydrogen) atoms. The Morgan fingerprint density at radius 2 is 0.957 bits per heavy atom. The van der Waals surface area contributed by atoms with E-state index >= 15 is 0 Å². The molecule has 0 heteroatoms. The monoisotopic (exact) mass is 300 g/mol. The first-order chi connectivity index (χ1) is 11.4. The lowest BCUT2D eigenvalue weighted by atomic mass is 9.80. The second-order valence-electron chi connectivity index (χ2n) is 6.13. The summed E-state index contributed by atoms with van der Waals surface area (Å²) in [5, 5.41) is 0. The average molecular weight is 300 g/mol. The summed E-state index contributed by atoms with van der Waals surface area (Å²) in [6.07, 6.45) is 2.31. The number of benzene rings is 3. The molecular formula is C23H24. The Balaban J connectivity index is 1.93. The van der Waals surface area contributed by atoms with Crippen molar-refractivity contribution >= 4 is 0 Å². The molecule has 0 aliphatic rings. The van der Waals surface area contributed by atoms with Gasteiger partial charge in [-0.25, -0.2) is 0 Å². The molecule has 3 aromatic carbocycles. The normalized spacial score (nSPS) is 12.3. The SMILES string of the molecule is CCC(CC(c1ccccc1)c1ccccc1)c1ccccc1. The molecule has 0 spiro atoms. The van der Waals surface area contributed by atoms with Crippen LogP contribution in [-0.4, -0.2) is 0 Å². The maximum atomic E-state index is 2.30. The smallest absolute Gasteiger partial charge is 0.00951 e. The van der Waals surface area contributed by atoms with Crippen LogP contribution in [0.3, 0.4) is 0 Å². The summed E-state index contributed by atoms with van der Waals surface area (Å²) in [6, 6.07) is 32.8. The largest absolute Gasteiger partial charge is 0.0648 e. The van der Waals surface area contributed by atoms with Crippen LogP contribution in [0.2, 0.25) is 0 Å². The molecule has 0 aliphatic heterocycles. The van der Waals surface area contributed by atoms with Crippen LogP contribution in [0.25, 0.3) is 0 Å². The van der Waals surface area contributed by atoms with Gasteiger partial charge in [0.05, 0.1) is 0 Å². The Hall–Kier alpha value is -2.34. The Labute approximate surface area is 139 Å². The van der Waals surface area contributed by atoms with E-state index in [1.165, 1.54) is 23.1 Å². The van der Waals surface area contributed by atoms with Gasteiger partial charge in [0.15, 0.2) is 0 Å². The van der Waals surface area contributed by atoms with Crippen molar-refractivity contribution in [3.63, 3.8) is 0 Å². The Kier molecular flexibility index (Phi) is 5.26. The van der Waals surface area contributed by atoms with Gasteiger partial charge in [0.25, 0.3) is 0 Å². The Morgan fingerprint density at radius 3 is 1.35 bits per heavy atom. The summed E-state index contributed by atoms with van der Waals surface area (Å²) < 4.78 is 0. The molecule has 0 N–H and O–H groups in total. The summed E-state index contributed by atoms with van der Waals surface area (Å²) in [5.74, 6) is 1.03. The van der Waals surface area contributed by atoms with Gasteiger partial charge < -0.3 is 0 Å². The fourth-order valence-corrected chi connectivity index (χ4v) is 3.38. The Bertz CT molecular complexity index is 646. The van der Waals surface area contributed by atoms with Crippen molar-refractivity contribution in [3.05, 3.63) is 108 Å². The predicted octanol–water partition coefficient (Wildman–Crippen LogP) is 6.40. The lowest BCUT2D eigenvalue weighted by molar-refractivity contribution is 0.562. The number of rotatable bonds is 6. The van der Waals surface area contributed by atoms with E-state index < -0.39 is 0 Å². The molecule has 0 aliphatic carbocycles. The first-order valence-electron chi connectivity index (χ1n) is 8.53. The molecule has 0 nitrogen and oxygen atoms in total. The van der Waals surface area contributed by atoms with Crippen LogP contribution in [0, 0.1) is 0 Å². The zero-order valence-corrected chi connectivity index (χ0v) is 13.7. The second kappa shape index (κ2) is 7.78. The average Bonchev–Trinajstić information content (AvgIpc) is 2.65. The van der Waals surface area contributed by atoms with E-state index in [2.05, 4.69) is 97.9 Å². The molecule has 3 rings (SSSR count). The van der Waals surface area contributed by atoms with E-state index in [4.69, 9.17) is 0 Å². The summed E-state index contributed by atoms with van der Waals surface area (Å²) >= 11 is 0. The first-order valence-corrected chi connectivity index (χ1v) is 8.53. The molecule has 3 aromatic rings. The van der Waals surface area contributed by atoms with Gasteiger partial charge in [-0.1, -0.05) is 97.9 Å². The number of hydrogen-bond donors (Lipinski definition) is 0. The molecular weight excluding hydrogens is 276 g/mol. The van der Waals surface area contributed by atoms with Crippen molar-refractivity contribution in [2.45, 2.75) is 31.6 Å². The van der Waals surface area contributed by atoms with E-state index in [1.54, 1.807) is 0 Å². The zero-order chi connectivity index (χ0) is 15.9. The van der Waals surface area contributed by atoms with Gasteiger partial charge in [-0.15, -0.1) is 0 Å². The van der Waals surface area contributed by atoms with Crippen molar-refractivity contribution in [2.75, 3.05) is 0 Å². The minimum atomic E-state index is 0.447. The van der Waals surface area contributed by atoms with Crippen molar-refractivity contribution in [1.29, 1.82) is 0 Å². The molecule has 0 amide bonds. The highest BCUT2D eigenvalue weighted by Crippen LogP contribution is 2.36. The van der Waals surface area contributed by atoms with E-state index in [0.717, 1.165) is 6.42 Å². The van der Waals surface area contributed by atoms with Crippen LogP contribution in [0.4, 0.5) is 0 Å². The van der Waals surface area contributed by atoms with Gasteiger partial charge >= 0.3 is 0 Å². The fraction of sp³-hybridized carbons (Fsp3) is 0.217. The van der Waals surface area contributed by atoms with Crippen molar-refractivity contribution < 1.29 is 0 Å². The minimum Gasteiger partial charge on any atom is -0.0648 e. The highest BCUT2D eigenvalue weighted by molar-refractivity contribution is 5.33. The van der Waals surface area contributed by atoms with Crippen LogP contribution in [0.15, 0.2) is 91.0 Å². The van der Waals surface area contributed by atoms with Gasteiger partial charge in [-0.05, 0) is 35.4 Å². The van der Waals surface area contributed by atoms with E-state index in [-0.39, 0.29) is 0 Å². The third-order valence-electron chi connectivity index (χ3n) is 4.69. The molecule has 0 saturated carbocycles. The standard InChI is InChI=1S/C23H24/c1-2-19(20-12-6-3-7-13-20)18-23(21-14-8-4-9-15-21)22-16-10-5-11-17-22/h3-17,19,23H,2,18H2,1H3. The molecule has 1 atom stereocenters. The second-order valence-corrected chi connectivity index (χ2v) is 6.13. The fourth-order valence-electron chi connectivity index (χ4n) is 3.38. The molecule has 0 bridgehead atoms. The molecule has 0 heterocycles. The van der Waals surface area contributed by atoms with Crippen LogP contribution >= 0.6 is 0 Å². The molecule has 0 radical (unpaired) electrons. The highest BCUT2D eigenvalue weighted by Gasteiger charge is 2.19. The van der Waals surface area contributed by atoms with Gasteiger partial charge in [0, 0.05) is 5.92 Å². The molecule has 1 unspecified atom stereocenters. The van der Waals surface area contributed by atoms with Crippen LogP contribution < -0.4 is 0 Å². The van der Waals surface area contributed by atoms with Gasteiger partial charge in [0.2, 0.25) is 0 Å². The summed E-state index contributed by atoms with van der Waals surface area (Å²) in [6.45, 7) is 2.30. The van der Waals surface area contributed by atoms with Crippen molar-refractivity contribution in [1.82, 2.24) is 0 Å². The van der Waals surface area contributed by atoms with Crippen molar-refractivity contribution in [2.24, 2.45) is 0 Å². The highest BCUT2D eigenvalue weighted by atomic mass is 14.2. The van der Waals surface area contributed by atoms with Gasteiger partial charge in [-0.2, -0.15) is 0 Å². The maximum absolute atomic E-state index is 2.30. The third-order valence-corrected chi connectivity index (χ3v) is 4.69. The minimum absolute atomic E-state index is 0.447. The molecule has 0 fully saturated rings. The third kappa shape index (κ3) is 3.90. The summed E-state index contributed by atoms with van der Waals surface area (Å²) in [4.78, 5) is 0.